The maximum absolute atomic E-state index is 15.5. The van der Waals surface area contributed by atoms with E-state index in [1.165, 1.54) is 29.7 Å². The lowest BCUT2D eigenvalue weighted by Crippen LogP contribution is -2.48. The number of carbonyl (C=O) groups is 1. The van der Waals surface area contributed by atoms with Crippen molar-refractivity contribution in [2.24, 2.45) is 0 Å². The lowest BCUT2D eigenvalue weighted by molar-refractivity contribution is -0.126. The predicted molar refractivity (Wildman–Crippen MR) is 123 cm³/mol. The second kappa shape index (κ2) is 8.23. The van der Waals surface area contributed by atoms with Crippen LogP contribution in [0.2, 0.25) is 15.1 Å². The van der Waals surface area contributed by atoms with Crippen LogP contribution in [0.5, 0.6) is 0 Å². The topological polar surface area (TPSA) is 62.5 Å². The molecule has 2 N–H and O–H groups in total. The molecule has 0 spiro atoms. The van der Waals surface area contributed by atoms with Gasteiger partial charge in [0.25, 0.3) is 0 Å². The van der Waals surface area contributed by atoms with Gasteiger partial charge in [-0.25, -0.2) is 4.39 Å². The van der Waals surface area contributed by atoms with Gasteiger partial charge >= 0.3 is 0 Å². The normalized spacial score (nSPS) is 14.4. The summed E-state index contributed by atoms with van der Waals surface area (Å²) in [5.74, 6) is -0.661. The molecule has 2 heterocycles. The summed E-state index contributed by atoms with van der Waals surface area (Å²) in [6.07, 6.45) is 1.31. The summed E-state index contributed by atoms with van der Waals surface area (Å²) in [7, 11) is 0. The smallest absolute Gasteiger partial charge is 0.246 e. The molecule has 1 aliphatic heterocycles. The van der Waals surface area contributed by atoms with Gasteiger partial charge in [0, 0.05) is 42.7 Å². The van der Waals surface area contributed by atoms with Crippen molar-refractivity contribution in [3.8, 4) is 11.1 Å². The van der Waals surface area contributed by atoms with Gasteiger partial charge in [-0.3, -0.25) is 4.79 Å². The van der Waals surface area contributed by atoms with Crippen molar-refractivity contribution in [2.45, 2.75) is 0 Å². The number of nitrogens with two attached hydrogens (primary N) is 1. The minimum atomic E-state index is -0.566. The lowest BCUT2D eigenvalue weighted by atomic mass is 10.0. The zero-order valence-corrected chi connectivity index (χ0v) is 18.7. The maximum atomic E-state index is 15.5. The van der Waals surface area contributed by atoms with E-state index in [0.29, 0.717) is 37.1 Å². The molecule has 1 saturated heterocycles. The quantitative estimate of drug-likeness (QED) is 0.394. The first-order valence-electron chi connectivity index (χ1n) is 9.00. The highest BCUT2D eigenvalue weighted by Gasteiger charge is 2.26. The molecular formula is C20H16Cl3FN4OS. The van der Waals surface area contributed by atoms with Crippen LogP contribution in [0.4, 0.5) is 15.1 Å². The van der Waals surface area contributed by atoms with Crippen molar-refractivity contribution in [3.63, 3.8) is 0 Å². The third-order valence-electron chi connectivity index (χ3n) is 5.06. The number of hydrogen-bond donors (Lipinski definition) is 1. The largest absolute Gasteiger partial charge is 0.398 e. The molecule has 0 unspecified atom stereocenters. The van der Waals surface area contributed by atoms with E-state index in [2.05, 4.69) is 15.9 Å². The highest BCUT2D eigenvalue weighted by atomic mass is 35.5. The average molecular weight is 486 g/mol. The van der Waals surface area contributed by atoms with Crippen LogP contribution in [0.25, 0.3) is 22.0 Å². The highest BCUT2D eigenvalue weighted by molar-refractivity contribution is 7.11. The Labute approximate surface area is 191 Å². The summed E-state index contributed by atoms with van der Waals surface area (Å²) >= 11 is 19.9. The number of halogens is 4. The first kappa shape index (κ1) is 21.2. The molecule has 5 nitrogen and oxygen atoms in total. The van der Waals surface area contributed by atoms with Gasteiger partial charge in [-0.2, -0.15) is 4.37 Å². The van der Waals surface area contributed by atoms with Crippen LogP contribution >= 0.6 is 46.3 Å². The number of rotatable bonds is 3. The van der Waals surface area contributed by atoms with Gasteiger partial charge in [-0.05, 0) is 35.8 Å². The summed E-state index contributed by atoms with van der Waals surface area (Å²) in [6, 6.07) is 4.66. The molecule has 1 amide bonds. The van der Waals surface area contributed by atoms with E-state index < -0.39 is 5.82 Å². The zero-order chi connectivity index (χ0) is 21.6. The SMILES string of the molecule is C=CC(=O)N1CCN(c2snc3c(F)c(-c4cc(N)c(Cl)cc4Cl)c(Cl)cc23)CC1. The molecule has 3 aromatic rings. The monoisotopic (exact) mass is 484 g/mol. The van der Waals surface area contributed by atoms with E-state index in [-0.39, 0.29) is 37.7 Å². The van der Waals surface area contributed by atoms with Gasteiger partial charge < -0.3 is 15.5 Å². The Morgan fingerprint density at radius 1 is 1.13 bits per heavy atom. The molecule has 10 heteroatoms. The molecule has 1 aromatic heterocycles. The number of benzene rings is 2. The lowest BCUT2D eigenvalue weighted by Gasteiger charge is -2.34. The fourth-order valence-corrected chi connectivity index (χ4v) is 5.17. The van der Waals surface area contributed by atoms with Gasteiger partial charge in [0.05, 0.1) is 20.8 Å². The molecule has 2 aromatic carbocycles. The van der Waals surface area contributed by atoms with E-state index in [4.69, 9.17) is 40.5 Å². The minimum Gasteiger partial charge on any atom is -0.398 e. The highest BCUT2D eigenvalue weighted by Crippen LogP contribution is 2.44. The Morgan fingerprint density at radius 3 is 2.50 bits per heavy atom. The van der Waals surface area contributed by atoms with E-state index in [9.17, 15) is 4.79 Å². The van der Waals surface area contributed by atoms with E-state index in [0.717, 1.165) is 5.00 Å². The number of hydrogen-bond acceptors (Lipinski definition) is 5. The number of aromatic nitrogens is 1. The average Bonchev–Trinajstić information content (AvgIpc) is 3.15. The van der Waals surface area contributed by atoms with Crippen LogP contribution in [-0.4, -0.2) is 41.4 Å². The molecule has 0 saturated carbocycles. The maximum Gasteiger partial charge on any atom is 0.246 e. The number of anilines is 2. The molecule has 0 atom stereocenters. The molecule has 30 heavy (non-hydrogen) atoms. The van der Waals surface area contributed by atoms with Gasteiger partial charge in [-0.15, -0.1) is 0 Å². The predicted octanol–water partition coefficient (Wildman–Crippen LogP) is 5.48. The zero-order valence-electron chi connectivity index (χ0n) is 15.6. The number of nitrogen functional groups attached to an aromatic ring is 1. The van der Waals surface area contributed by atoms with Gasteiger partial charge in [0.1, 0.15) is 10.5 Å². The summed E-state index contributed by atoms with van der Waals surface area (Å²) in [4.78, 5) is 15.6. The van der Waals surface area contributed by atoms with Crippen LogP contribution in [0.1, 0.15) is 0 Å². The van der Waals surface area contributed by atoms with Crippen molar-refractivity contribution in [3.05, 3.63) is 51.7 Å². The summed E-state index contributed by atoms with van der Waals surface area (Å²) in [5.41, 5.74) is 6.85. The molecule has 1 fully saturated rings. The Bertz CT molecular complexity index is 1170. The fourth-order valence-electron chi connectivity index (χ4n) is 3.49. The van der Waals surface area contributed by atoms with Crippen LogP contribution in [0.15, 0.2) is 30.9 Å². The Morgan fingerprint density at radius 2 is 1.83 bits per heavy atom. The van der Waals surface area contributed by atoms with Crippen molar-refractivity contribution in [2.75, 3.05) is 36.8 Å². The number of nitrogens with zero attached hydrogens (tertiary/aromatic N) is 3. The fraction of sp³-hybridized carbons (Fsp3) is 0.200. The molecule has 4 rings (SSSR count). The number of piperazine rings is 1. The van der Waals surface area contributed by atoms with Crippen LogP contribution in [0, 0.1) is 5.82 Å². The summed E-state index contributed by atoms with van der Waals surface area (Å²) in [5, 5.41) is 2.15. The third kappa shape index (κ3) is 3.60. The minimum absolute atomic E-state index is 0.0957. The molecular weight excluding hydrogens is 470 g/mol. The second-order valence-electron chi connectivity index (χ2n) is 6.80. The van der Waals surface area contributed by atoms with Crippen LogP contribution in [-0.2, 0) is 4.79 Å². The molecule has 0 bridgehead atoms. The van der Waals surface area contributed by atoms with E-state index in [1.54, 1.807) is 11.0 Å². The molecule has 1 aliphatic rings. The first-order valence-corrected chi connectivity index (χ1v) is 10.9. The Hall–Kier alpha value is -2.06. The van der Waals surface area contributed by atoms with Crippen molar-refractivity contribution in [1.29, 1.82) is 0 Å². The van der Waals surface area contributed by atoms with Gasteiger partial charge in [0.15, 0.2) is 5.82 Å². The first-order chi connectivity index (χ1) is 14.3. The van der Waals surface area contributed by atoms with Crippen molar-refractivity contribution in [1.82, 2.24) is 9.27 Å². The summed E-state index contributed by atoms with van der Waals surface area (Å²) in [6.45, 7) is 5.85. The molecule has 0 radical (unpaired) electrons. The van der Waals surface area contributed by atoms with Crippen LogP contribution < -0.4 is 10.6 Å². The third-order valence-corrected chi connectivity index (χ3v) is 6.92. The van der Waals surface area contributed by atoms with E-state index >= 15 is 4.39 Å². The number of carbonyl (C=O) groups excluding carboxylic acids is 1. The van der Waals surface area contributed by atoms with Gasteiger partial charge in [0.2, 0.25) is 5.91 Å². The van der Waals surface area contributed by atoms with Crippen LogP contribution in [0.3, 0.4) is 0 Å². The molecule has 156 valence electrons. The van der Waals surface area contributed by atoms with Crippen molar-refractivity contribution < 1.29 is 9.18 Å². The van der Waals surface area contributed by atoms with Crippen molar-refractivity contribution >= 4 is 73.8 Å². The number of fused-ring (bicyclic) bond motifs is 1. The molecule has 0 aliphatic carbocycles. The standard InChI is InChI=1S/C20H16Cl3FN4OS/c1-2-16(29)27-3-5-28(6-4-27)20-11-7-14(23)17(18(24)19(11)26-30-20)10-8-15(25)13(22)9-12(10)21/h2,7-9H,1,3-6,25H2. The van der Waals surface area contributed by atoms with Gasteiger partial charge in [-0.1, -0.05) is 41.4 Å². The Kier molecular flexibility index (Phi) is 5.81. The second-order valence-corrected chi connectivity index (χ2v) is 8.77. The van der Waals surface area contributed by atoms with E-state index in [1.807, 2.05) is 0 Å². The summed E-state index contributed by atoms with van der Waals surface area (Å²) < 4.78 is 19.8. The Balaban J connectivity index is 1.74. The number of amides is 1.